The number of fused-ring (bicyclic) bond motifs is 2. The van der Waals surface area contributed by atoms with Crippen LogP contribution in [0.15, 0.2) is 12.3 Å². The van der Waals surface area contributed by atoms with Crippen molar-refractivity contribution in [2.45, 2.75) is 52.0 Å². The van der Waals surface area contributed by atoms with E-state index in [0.717, 1.165) is 18.0 Å². The van der Waals surface area contributed by atoms with Gasteiger partial charge in [0, 0.05) is 18.2 Å². The summed E-state index contributed by atoms with van der Waals surface area (Å²) in [6.07, 6.45) is 7.60. The highest BCUT2D eigenvalue weighted by molar-refractivity contribution is 5.83. The number of carbonyl (C=O) groups is 1. The fourth-order valence-corrected chi connectivity index (χ4v) is 3.71. The van der Waals surface area contributed by atoms with Gasteiger partial charge >= 0.3 is 0 Å². The minimum atomic E-state index is 0.341. The molecule has 3 nitrogen and oxygen atoms in total. The lowest BCUT2D eigenvalue weighted by molar-refractivity contribution is -0.123. The van der Waals surface area contributed by atoms with E-state index in [9.17, 15) is 4.79 Å². The number of rotatable bonds is 4. The van der Waals surface area contributed by atoms with Crippen LogP contribution in [0.5, 0.6) is 0 Å². The van der Waals surface area contributed by atoms with Gasteiger partial charge in [-0.3, -0.25) is 9.48 Å². The molecule has 2 saturated carbocycles. The molecule has 3 atom stereocenters. The van der Waals surface area contributed by atoms with Crippen LogP contribution in [-0.4, -0.2) is 15.6 Å². The summed E-state index contributed by atoms with van der Waals surface area (Å²) in [7, 11) is 0. The van der Waals surface area contributed by atoms with Crippen LogP contribution < -0.4 is 0 Å². The SMILES string of the molecule is CC(C)n1ccc(CC(=O)C2CC3CCC2C3)n1. The molecule has 3 unspecified atom stereocenters. The molecule has 18 heavy (non-hydrogen) atoms. The van der Waals surface area contributed by atoms with Crippen LogP contribution in [0.2, 0.25) is 0 Å². The molecule has 1 aromatic heterocycles. The lowest BCUT2D eigenvalue weighted by atomic mass is 9.84. The maximum Gasteiger partial charge on any atom is 0.142 e. The zero-order chi connectivity index (χ0) is 12.7. The molecule has 0 saturated heterocycles. The van der Waals surface area contributed by atoms with E-state index in [1.54, 1.807) is 0 Å². The average molecular weight is 246 g/mol. The Morgan fingerprint density at radius 2 is 2.28 bits per heavy atom. The summed E-state index contributed by atoms with van der Waals surface area (Å²) in [5, 5.41) is 4.48. The van der Waals surface area contributed by atoms with Crippen molar-refractivity contribution in [3.63, 3.8) is 0 Å². The quantitative estimate of drug-likeness (QED) is 0.818. The molecule has 1 heterocycles. The van der Waals surface area contributed by atoms with Gasteiger partial charge in [-0.05, 0) is 51.0 Å². The molecular formula is C15H22N2O. The molecular weight excluding hydrogens is 224 g/mol. The van der Waals surface area contributed by atoms with Gasteiger partial charge in [0.25, 0.3) is 0 Å². The second-order valence-electron chi connectivity index (χ2n) is 6.31. The van der Waals surface area contributed by atoms with Gasteiger partial charge < -0.3 is 0 Å². The third-order valence-electron chi connectivity index (χ3n) is 4.70. The maximum atomic E-state index is 12.3. The minimum absolute atomic E-state index is 0.341. The van der Waals surface area contributed by atoms with Gasteiger partial charge in [0.1, 0.15) is 5.78 Å². The second-order valence-corrected chi connectivity index (χ2v) is 6.31. The summed E-state index contributed by atoms with van der Waals surface area (Å²) in [5.41, 5.74) is 0.941. The predicted octanol–water partition coefficient (Wildman–Crippen LogP) is 3.01. The summed E-state index contributed by atoms with van der Waals surface area (Å²) < 4.78 is 1.93. The Morgan fingerprint density at radius 3 is 2.83 bits per heavy atom. The summed E-state index contributed by atoms with van der Waals surface area (Å²) in [6, 6.07) is 2.36. The molecule has 2 fully saturated rings. The molecule has 3 rings (SSSR count). The Hall–Kier alpha value is -1.12. The lowest BCUT2D eigenvalue weighted by Gasteiger charge is -2.19. The van der Waals surface area contributed by atoms with Crippen LogP contribution in [0, 0.1) is 17.8 Å². The van der Waals surface area contributed by atoms with Gasteiger partial charge in [-0.15, -0.1) is 0 Å². The van der Waals surface area contributed by atoms with Crippen molar-refractivity contribution in [3.05, 3.63) is 18.0 Å². The zero-order valence-corrected chi connectivity index (χ0v) is 11.3. The number of Topliss-reactive ketones (excluding diaryl/α,β-unsaturated/α-hetero) is 1. The van der Waals surface area contributed by atoms with Crippen molar-refractivity contribution in [3.8, 4) is 0 Å². The van der Waals surface area contributed by atoms with Crippen LogP contribution in [-0.2, 0) is 11.2 Å². The largest absolute Gasteiger partial charge is 0.299 e. The normalized spacial score (nSPS) is 30.3. The first kappa shape index (κ1) is 11.9. The van der Waals surface area contributed by atoms with Crippen molar-refractivity contribution in [2.75, 3.05) is 0 Å². The fraction of sp³-hybridized carbons (Fsp3) is 0.733. The van der Waals surface area contributed by atoms with Crippen LogP contribution in [0.3, 0.4) is 0 Å². The molecule has 0 N–H and O–H groups in total. The van der Waals surface area contributed by atoms with Gasteiger partial charge in [0.15, 0.2) is 0 Å². The molecule has 98 valence electrons. The van der Waals surface area contributed by atoms with E-state index in [1.807, 2.05) is 16.9 Å². The summed E-state index contributed by atoms with van der Waals surface area (Å²) >= 11 is 0. The Labute approximate surface area is 109 Å². The minimum Gasteiger partial charge on any atom is -0.299 e. The monoisotopic (exact) mass is 246 g/mol. The van der Waals surface area contributed by atoms with Crippen molar-refractivity contribution < 1.29 is 4.79 Å². The van der Waals surface area contributed by atoms with Gasteiger partial charge in [0.05, 0.1) is 12.1 Å². The number of nitrogens with zero attached hydrogens (tertiary/aromatic N) is 2. The maximum absolute atomic E-state index is 12.3. The molecule has 0 radical (unpaired) electrons. The third-order valence-corrected chi connectivity index (χ3v) is 4.70. The molecule has 1 aromatic rings. The van der Waals surface area contributed by atoms with Gasteiger partial charge in [-0.2, -0.15) is 5.10 Å². The number of aromatic nitrogens is 2. The van der Waals surface area contributed by atoms with E-state index in [2.05, 4.69) is 18.9 Å². The highest BCUT2D eigenvalue weighted by Gasteiger charge is 2.42. The van der Waals surface area contributed by atoms with Crippen LogP contribution in [0.4, 0.5) is 0 Å². The smallest absolute Gasteiger partial charge is 0.142 e. The zero-order valence-electron chi connectivity index (χ0n) is 11.3. The molecule has 3 heteroatoms. The van der Waals surface area contributed by atoms with Crippen LogP contribution in [0.1, 0.15) is 51.3 Å². The molecule has 2 bridgehead atoms. The number of hydrogen-bond donors (Lipinski definition) is 0. The van der Waals surface area contributed by atoms with E-state index in [4.69, 9.17) is 0 Å². The number of carbonyl (C=O) groups excluding carboxylic acids is 1. The summed E-state index contributed by atoms with van der Waals surface area (Å²) in [5.74, 6) is 2.30. The predicted molar refractivity (Wildman–Crippen MR) is 70.3 cm³/mol. The highest BCUT2D eigenvalue weighted by atomic mass is 16.1. The van der Waals surface area contributed by atoms with Crippen molar-refractivity contribution >= 4 is 5.78 Å². The van der Waals surface area contributed by atoms with Gasteiger partial charge in [-0.1, -0.05) is 6.42 Å². The first-order valence-electron chi connectivity index (χ1n) is 7.20. The first-order chi connectivity index (χ1) is 8.63. The van der Waals surface area contributed by atoms with Gasteiger partial charge in [0.2, 0.25) is 0 Å². The first-order valence-corrected chi connectivity index (χ1v) is 7.20. The van der Waals surface area contributed by atoms with E-state index < -0.39 is 0 Å². The third kappa shape index (κ3) is 2.11. The van der Waals surface area contributed by atoms with Crippen molar-refractivity contribution in [2.24, 2.45) is 17.8 Å². The Balaban J connectivity index is 1.63. The van der Waals surface area contributed by atoms with E-state index in [-0.39, 0.29) is 0 Å². The average Bonchev–Trinajstić information content (AvgIpc) is 3.03. The summed E-state index contributed by atoms with van der Waals surface area (Å²) in [6.45, 7) is 4.21. The van der Waals surface area contributed by atoms with Crippen LogP contribution in [0.25, 0.3) is 0 Å². The van der Waals surface area contributed by atoms with E-state index in [0.29, 0.717) is 30.1 Å². The topological polar surface area (TPSA) is 34.9 Å². The van der Waals surface area contributed by atoms with Crippen LogP contribution >= 0.6 is 0 Å². The van der Waals surface area contributed by atoms with E-state index in [1.165, 1.54) is 19.3 Å². The van der Waals surface area contributed by atoms with Crippen molar-refractivity contribution in [1.29, 1.82) is 0 Å². The number of ketones is 1. The summed E-state index contributed by atoms with van der Waals surface area (Å²) in [4.78, 5) is 12.3. The Bertz CT molecular complexity index is 449. The lowest BCUT2D eigenvalue weighted by Crippen LogP contribution is -2.22. The van der Waals surface area contributed by atoms with E-state index >= 15 is 0 Å². The number of hydrogen-bond acceptors (Lipinski definition) is 2. The second kappa shape index (κ2) is 4.52. The molecule has 0 amide bonds. The van der Waals surface area contributed by atoms with Crippen molar-refractivity contribution in [1.82, 2.24) is 9.78 Å². The fourth-order valence-electron chi connectivity index (χ4n) is 3.71. The molecule has 0 spiro atoms. The molecule has 2 aliphatic carbocycles. The Morgan fingerprint density at radius 1 is 1.44 bits per heavy atom. The highest BCUT2D eigenvalue weighted by Crippen LogP contribution is 2.48. The molecule has 0 aliphatic heterocycles. The molecule has 2 aliphatic rings. The molecule has 0 aromatic carbocycles. The standard InChI is InChI=1S/C15H22N2O/c1-10(2)17-6-5-13(16-17)9-15(18)14-8-11-3-4-12(14)7-11/h5-6,10-12,14H,3-4,7-9H2,1-2H3. The van der Waals surface area contributed by atoms with Gasteiger partial charge in [-0.25, -0.2) is 0 Å². The Kier molecular flexibility index (Phi) is 3.00.